The van der Waals surface area contributed by atoms with Crippen molar-refractivity contribution in [1.29, 1.82) is 10.5 Å². The molecule has 0 N–H and O–H groups in total. The van der Waals surface area contributed by atoms with Crippen LogP contribution in [0.2, 0.25) is 0 Å². The Bertz CT molecular complexity index is 847. The zero-order chi connectivity index (χ0) is 15.7. The van der Waals surface area contributed by atoms with Crippen LogP contribution in [0.25, 0.3) is 20.9 Å². The van der Waals surface area contributed by atoms with Crippen LogP contribution >= 0.6 is 54.5 Å². The maximum Gasteiger partial charge on any atom is 0.101 e. The third-order valence-corrected chi connectivity index (χ3v) is 6.43. The normalized spacial score (nSPS) is 10.2. The Morgan fingerprint density at radius 1 is 0.727 bits per heavy atom. The molecule has 0 aliphatic carbocycles. The lowest BCUT2D eigenvalue weighted by Gasteiger charge is -2.02. The molecule has 106 valence electrons. The van der Waals surface area contributed by atoms with E-state index >= 15 is 0 Å². The Labute approximate surface area is 152 Å². The van der Waals surface area contributed by atoms with E-state index in [0.717, 1.165) is 28.5 Å². The predicted molar refractivity (Wildman–Crippen MR) is 97.9 cm³/mol. The van der Waals surface area contributed by atoms with Gasteiger partial charge in [0.25, 0.3) is 0 Å². The first-order valence-electron chi connectivity index (χ1n) is 6.12. The highest BCUT2D eigenvalue weighted by Gasteiger charge is 2.12. The molecular weight excluding hydrogens is 444 g/mol. The third-order valence-electron chi connectivity index (χ3n) is 3.05. The Kier molecular flexibility index (Phi) is 4.46. The van der Waals surface area contributed by atoms with Gasteiger partial charge in [0.1, 0.15) is 12.1 Å². The highest BCUT2D eigenvalue weighted by molar-refractivity contribution is 9.11. The fourth-order valence-corrected chi connectivity index (χ4v) is 5.20. The van der Waals surface area contributed by atoms with Crippen molar-refractivity contribution in [3.05, 3.63) is 55.1 Å². The van der Waals surface area contributed by atoms with E-state index in [1.54, 1.807) is 22.7 Å². The second kappa shape index (κ2) is 6.36. The first kappa shape index (κ1) is 15.5. The number of hydrogen-bond donors (Lipinski definition) is 0. The van der Waals surface area contributed by atoms with Gasteiger partial charge in [-0.15, -0.1) is 22.7 Å². The van der Waals surface area contributed by atoms with Crippen molar-refractivity contribution in [1.82, 2.24) is 0 Å². The summed E-state index contributed by atoms with van der Waals surface area (Å²) < 4.78 is 1.88. The summed E-state index contributed by atoms with van der Waals surface area (Å²) in [6, 6.07) is 16.1. The second-order valence-electron chi connectivity index (χ2n) is 4.39. The average molecular weight is 450 g/mol. The van der Waals surface area contributed by atoms with Gasteiger partial charge in [-0.2, -0.15) is 10.5 Å². The number of hydrogen-bond acceptors (Lipinski definition) is 4. The minimum Gasteiger partial charge on any atom is -0.192 e. The molecule has 3 aromatic rings. The Balaban J connectivity index is 2.03. The van der Waals surface area contributed by atoms with E-state index in [2.05, 4.69) is 44.0 Å². The molecule has 3 rings (SSSR count). The number of nitrogens with zero attached hydrogens (tertiary/aromatic N) is 2. The van der Waals surface area contributed by atoms with E-state index in [9.17, 15) is 10.5 Å². The maximum atomic E-state index is 9.19. The predicted octanol–water partition coefficient (Wildman–Crippen LogP) is 6.41. The Hall–Kier alpha value is -1.44. The van der Waals surface area contributed by atoms with E-state index in [1.165, 1.54) is 0 Å². The highest BCUT2D eigenvalue weighted by atomic mass is 79.9. The minimum atomic E-state index is 0.668. The molecule has 22 heavy (non-hydrogen) atoms. The lowest BCUT2D eigenvalue weighted by atomic mass is 10.1. The molecule has 0 unspecified atom stereocenters. The van der Waals surface area contributed by atoms with Crippen LogP contribution in [0.4, 0.5) is 0 Å². The first-order valence-corrected chi connectivity index (χ1v) is 9.34. The molecule has 0 radical (unpaired) electrons. The molecule has 6 heteroatoms. The third kappa shape index (κ3) is 2.88. The molecule has 2 aromatic heterocycles. The minimum absolute atomic E-state index is 0.668. The summed E-state index contributed by atoms with van der Waals surface area (Å²) in [4.78, 5) is 1.91. The van der Waals surface area contributed by atoms with Gasteiger partial charge in [-0.25, -0.2) is 0 Å². The van der Waals surface area contributed by atoms with Crippen molar-refractivity contribution in [3.63, 3.8) is 0 Å². The number of thiophene rings is 2. The van der Waals surface area contributed by atoms with Crippen molar-refractivity contribution >= 4 is 54.5 Å². The number of nitriles is 2. The fraction of sp³-hybridized carbons (Fsp3) is 0. The summed E-state index contributed by atoms with van der Waals surface area (Å²) in [5.74, 6) is 0. The van der Waals surface area contributed by atoms with Gasteiger partial charge in [-0.3, -0.25) is 0 Å². The standard InChI is InChI=1S/C16H6Br2N2S2/c17-13-5-11(7-19)15(21-13)9-1-2-10(4-3-9)16-12(8-20)6-14(18)22-16/h1-6H. The lowest BCUT2D eigenvalue weighted by Crippen LogP contribution is -1.80. The monoisotopic (exact) mass is 448 g/mol. The molecule has 2 nitrogen and oxygen atoms in total. The largest absolute Gasteiger partial charge is 0.192 e. The van der Waals surface area contributed by atoms with E-state index in [1.807, 2.05) is 36.4 Å². The highest BCUT2D eigenvalue weighted by Crippen LogP contribution is 2.38. The van der Waals surface area contributed by atoms with Crippen LogP contribution in [0.5, 0.6) is 0 Å². The van der Waals surface area contributed by atoms with Gasteiger partial charge in [-0.05, 0) is 55.1 Å². The molecule has 0 fully saturated rings. The molecule has 0 saturated heterocycles. The van der Waals surface area contributed by atoms with E-state index in [0.29, 0.717) is 11.1 Å². The van der Waals surface area contributed by atoms with Crippen LogP contribution in [0.1, 0.15) is 11.1 Å². The quantitative estimate of drug-likeness (QED) is 0.453. The number of benzene rings is 1. The molecule has 0 amide bonds. The molecule has 0 saturated carbocycles. The van der Waals surface area contributed by atoms with Crippen LogP contribution in [0, 0.1) is 22.7 Å². The Morgan fingerprint density at radius 3 is 1.41 bits per heavy atom. The first-order chi connectivity index (χ1) is 10.6. The number of halogens is 2. The van der Waals surface area contributed by atoms with Gasteiger partial charge in [-0.1, -0.05) is 24.3 Å². The van der Waals surface area contributed by atoms with Crippen LogP contribution in [0.15, 0.2) is 44.0 Å². The zero-order valence-electron chi connectivity index (χ0n) is 10.9. The van der Waals surface area contributed by atoms with Gasteiger partial charge < -0.3 is 0 Å². The van der Waals surface area contributed by atoms with E-state index in [4.69, 9.17) is 0 Å². The molecule has 0 atom stereocenters. The van der Waals surface area contributed by atoms with Gasteiger partial charge >= 0.3 is 0 Å². The van der Waals surface area contributed by atoms with Crippen LogP contribution < -0.4 is 0 Å². The summed E-state index contributed by atoms with van der Waals surface area (Å²) in [5.41, 5.74) is 3.35. The summed E-state index contributed by atoms with van der Waals surface area (Å²) >= 11 is 9.93. The molecule has 0 aliphatic heterocycles. The molecular formula is C16H6Br2N2S2. The van der Waals surface area contributed by atoms with Crippen molar-refractivity contribution in [2.24, 2.45) is 0 Å². The van der Waals surface area contributed by atoms with E-state index in [-0.39, 0.29) is 0 Å². The smallest absolute Gasteiger partial charge is 0.101 e. The molecule has 2 heterocycles. The molecule has 0 aliphatic rings. The van der Waals surface area contributed by atoms with E-state index < -0.39 is 0 Å². The van der Waals surface area contributed by atoms with Gasteiger partial charge in [0.2, 0.25) is 0 Å². The summed E-state index contributed by atoms with van der Waals surface area (Å²) in [7, 11) is 0. The molecule has 0 spiro atoms. The Morgan fingerprint density at radius 2 is 1.09 bits per heavy atom. The SMILES string of the molecule is N#Cc1cc(Br)sc1-c1ccc(-c2sc(Br)cc2C#N)cc1. The fourth-order valence-electron chi connectivity index (χ4n) is 2.09. The van der Waals surface area contributed by atoms with Gasteiger partial charge in [0.05, 0.1) is 28.5 Å². The van der Waals surface area contributed by atoms with Gasteiger partial charge in [0.15, 0.2) is 0 Å². The lowest BCUT2D eigenvalue weighted by molar-refractivity contribution is 1.50. The van der Waals surface area contributed by atoms with Crippen LogP contribution in [-0.4, -0.2) is 0 Å². The molecule has 0 bridgehead atoms. The number of rotatable bonds is 2. The second-order valence-corrected chi connectivity index (χ2v) is 9.25. The topological polar surface area (TPSA) is 47.6 Å². The van der Waals surface area contributed by atoms with Gasteiger partial charge in [0, 0.05) is 0 Å². The summed E-state index contributed by atoms with van der Waals surface area (Å²) in [6.07, 6.45) is 0. The van der Waals surface area contributed by atoms with Crippen molar-refractivity contribution in [2.45, 2.75) is 0 Å². The zero-order valence-corrected chi connectivity index (χ0v) is 15.7. The van der Waals surface area contributed by atoms with Crippen LogP contribution in [-0.2, 0) is 0 Å². The van der Waals surface area contributed by atoms with Crippen molar-refractivity contribution in [2.75, 3.05) is 0 Å². The molecule has 1 aromatic carbocycles. The average Bonchev–Trinajstić information content (AvgIpc) is 3.09. The summed E-state index contributed by atoms with van der Waals surface area (Å²) in [5, 5.41) is 18.4. The summed E-state index contributed by atoms with van der Waals surface area (Å²) in [6.45, 7) is 0. The van der Waals surface area contributed by atoms with Crippen LogP contribution in [0.3, 0.4) is 0 Å². The van der Waals surface area contributed by atoms with Crippen molar-refractivity contribution in [3.8, 4) is 33.0 Å². The maximum absolute atomic E-state index is 9.19. The van der Waals surface area contributed by atoms with Crippen molar-refractivity contribution < 1.29 is 0 Å².